The summed E-state index contributed by atoms with van der Waals surface area (Å²) in [7, 11) is -0.660. The third kappa shape index (κ3) is 8.13. The lowest BCUT2D eigenvalue weighted by Gasteiger charge is -2.10. The van der Waals surface area contributed by atoms with E-state index in [1.165, 1.54) is 11.8 Å². The molecular formula is C6H15NO5S. The maximum atomic E-state index is 10.9. The molecule has 0 fully saturated rings. The molecule has 13 heavy (non-hydrogen) atoms. The van der Waals surface area contributed by atoms with Crippen LogP contribution in [-0.2, 0) is 18.8 Å². The molecule has 0 aromatic heterocycles. The first-order valence-corrected chi connectivity index (χ1v) is 5.03. The number of aliphatic hydroxyl groups excluding tert-OH is 1. The average Bonchev–Trinajstić information content (AvgIpc) is 1.98. The Hall–Kier alpha value is -0.210. The summed E-state index contributed by atoms with van der Waals surface area (Å²) in [5, 5.41) is 8.74. The van der Waals surface area contributed by atoms with Gasteiger partial charge in [0.05, 0.1) is 12.7 Å². The van der Waals surface area contributed by atoms with Gasteiger partial charge in [-0.25, -0.2) is 8.37 Å². The molecule has 0 aliphatic rings. The van der Waals surface area contributed by atoms with Gasteiger partial charge in [-0.05, 0) is 21.0 Å². The zero-order chi connectivity index (χ0) is 10.5. The van der Waals surface area contributed by atoms with Crippen LogP contribution in [0.25, 0.3) is 0 Å². The van der Waals surface area contributed by atoms with Crippen LogP contribution in [0.5, 0.6) is 0 Å². The molecule has 0 aromatic rings. The summed E-state index contributed by atoms with van der Waals surface area (Å²) in [6.45, 7) is 1.04. The van der Waals surface area contributed by atoms with Crippen LogP contribution >= 0.6 is 0 Å². The van der Waals surface area contributed by atoms with Crippen molar-refractivity contribution in [3.8, 4) is 0 Å². The average molecular weight is 213 g/mol. The third-order valence-electron chi connectivity index (χ3n) is 0.909. The van der Waals surface area contributed by atoms with Gasteiger partial charge in [-0.1, -0.05) is 0 Å². The molecular weight excluding hydrogens is 198 g/mol. The summed E-state index contributed by atoms with van der Waals surface area (Å²) in [6.07, 6.45) is -0.835. The largest absolute Gasteiger partial charge is 0.401 e. The SMILES string of the molecule is CC(O)COS(=O)(=O)OCN(C)C. The van der Waals surface area contributed by atoms with Crippen LogP contribution in [0.1, 0.15) is 6.92 Å². The van der Waals surface area contributed by atoms with Crippen LogP contribution < -0.4 is 0 Å². The lowest BCUT2D eigenvalue weighted by molar-refractivity contribution is 0.0960. The van der Waals surface area contributed by atoms with E-state index < -0.39 is 16.5 Å². The van der Waals surface area contributed by atoms with Crippen LogP contribution in [0.15, 0.2) is 0 Å². The topological polar surface area (TPSA) is 76.1 Å². The van der Waals surface area contributed by atoms with E-state index in [0.717, 1.165) is 0 Å². The molecule has 80 valence electrons. The van der Waals surface area contributed by atoms with Crippen molar-refractivity contribution in [3.05, 3.63) is 0 Å². The summed E-state index contributed by atoms with van der Waals surface area (Å²) >= 11 is 0. The highest BCUT2D eigenvalue weighted by Gasteiger charge is 2.13. The number of nitrogens with zero attached hydrogens (tertiary/aromatic N) is 1. The Bertz CT molecular complexity index is 205. The van der Waals surface area contributed by atoms with E-state index in [0.29, 0.717) is 0 Å². The standard InChI is InChI=1S/C6H15NO5S/c1-6(8)4-11-13(9,10)12-5-7(2)3/h6,8H,4-5H2,1-3H3. The fourth-order valence-electron chi connectivity index (χ4n) is 0.386. The molecule has 0 radical (unpaired) electrons. The van der Waals surface area contributed by atoms with Crippen molar-refractivity contribution >= 4 is 10.4 Å². The van der Waals surface area contributed by atoms with Crippen molar-refractivity contribution in [2.45, 2.75) is 13.0 Å². The zero-order valence-corrected chi connectivity index (χ0v) is 8.74. The highest BCUT2D eigenvalue weighted by molar-refractivity contribution is 7.81. The highest BCUT2D eigenvalue weighted by atomic mass is 32.3. The van der Waals surface area contributed by atoms with Crippen molar-refractivity contribution in [3.63, 3.8) is 0 Å². The van der Waals surface area contributed by atoms with E-state index in [1.807, 2.05) is 0 Å². The van der Waals surface area contributed by atoms with Gasteiger partial charge in [0.25, 0.3) is 0 Å². The van der Waals surface area contributed by atoms with Crippen LogP contribution in [0, 0.1) is 0 Å². The first kappa shape index (κ1) is 12.8. The van der Waals surface area contributed by atoms with E-state index in [2.05, 4.69) is 8.37 Å². The molecule has 0 aliphatic carbocycles. The Kier molecular flexibility index (Phi) is 5.42. The monoisotopic (exact) mass is 213 g/mol. The van der Waals surface area contributed by atoms with Gasteiger partial charge in [0.1, 0.15) is 6.73 Å². The molecule has 1 unspecified atom stereocenters. The maximum Gasteiger partial charge on any atom is 0.401 e. The van der Waals surface area contributed by atoms with E-state index in [9.17, 15) is 8.42 Å². The van der Waals surface area contributed by atoms with Gasteiger partial charge < -0.3 is 5.11 Å². The van der Waals surface area contributed by atoms with Crippen LogP contribution in [-0.4, -0.2) is 52.0 Å². The molecule has 0 heterocycles. The molecule has 7 heteroatoms. The lowest BCUT2D eigenvalue weighted by atomic mass is 10.5. The normalized spacial score (nSPS) is 14.8. The molecule has 6 nitrogen and oxygen atoms in total. The molecule has 0 spiro atoms. The van der Waals surface area contributed by atoms with Crippen molar-refractivity contribution < 1.29 is 21.9 Å². The number of hydrogen-bond acceptors (Lipinski definition) is 6. The summed E-state index contributed by atoms with van der Waals surface area (Å²) in [6, 6.07) is 0. The molecule has 0 aromatic carbocycles. The van der Waals surface area contributed by atoms with E-state index in [4.69, 9.17) is 5.11 Å². The molecule has 1 atom stereocenters. The molecule has 0 saturated carbocycles. The van der Waals surface area contributed by atoms with Crippen LogP contribution in [0.2, 0.25) is 0 Å². The minimum Gasteiger partial charge on any atom is -0.391 e. The molecule has 0 rings (SSSR count). The first-order chi connectivity index (χ1) is 5.83. The number of aliphatic hydroxyl groups is 1. The summed E-state index contributed by atoms with van der Waals surface area (Å²) < 4.78 is 30.4. The Balaban J connectivity index is 3.81. The molecule has 1 N–H and O–H groups in total. The van der Waals surface area contributed by atoms with Gasteiger partial charge in [0.15, 0.2) is 0 Å². The van der Waals surface area contributed by atoms with Gasteiger partial charge in [-0.15, -0.1) is 0 Å². The van der Waals surface area contributed by atoms with Gasteiger partial charge in [0, 0.05) is 0 Å². The Morgan fingerprint density at radius 2 is 1.92 bits per heavy atom. The molecule has 0 bridgehead atoms. The Morgan fingerprint density at radius 3 is 2.31 bits per heavy atom. The fraction of sp³-hybridized carbons (Fsp3) is 1.00. The first-order valence-electron chi connectivity index (χ1n) is 3.70. The van der Waals surface area contributed by atoms with Crippen molar-refractivity contribution in [2.75, 3.05) is 27.4 Å². The fourth-order valence-corrected chi connectivity index (χ4v) is 1.16. The summed E-state index contributed by atoms with van der Waals surface area (Å²) in [4.78, 5) is 1.53. The summed E-state index contributed by atoms with van der Waals surface area (Å²) in [5.41, 5.74) is 0. The van der Waals surface area contributed by atoms with Crippen LogP contribution in [0.4, 0.5) is 0 Å². The second-order valence-corrected chi connectivity index (χ2v) is 4.16. The number of hydrogen-bond donors (Lipinski definition) is 1. The molecule has 0 aliphatic heterocycles. The smallest absolute Gasteiger partial charge is 0.391 e. The third-order valence-corrected chi connectivity index (χ3v) is 1.73. The van der Waals surface area contributed by atoms with Crippen LogP contribution in [0.3, 0.4) is 0 Å². The molecule has 0 amide bonds. The minimum absolute atomic E-state index is 0.0812. The molecule has 0 saturated heterocycles. The predicted molar refractivity (Wildman–Crippen MR) is 46.2 cm³/mol. The van der Waals surface area contributed by atoms with Gasteiger partial charge in [-0.3, -0.25) is 4.90 Å². The predicted octanol–water partition coefficient (Wildman–Crippen LogP) is -0.836. The lowest BCUT2D eigenvalue weighted by Crippen LogP contribution is -2.23. The van der Waals surface area contributed by atoms with Gasteiger partial charge in [0.2, 0.25) is 0 Å². The van der Waals surface area contributed by atoms with E-state index in [-0.39, 0.29) is 13.3 Å². The van der Waals surface area contributed by atoms with Crippen molar-refractivity contribution in [1.82, 2.24) is 4.90 Å². The maximum absolute atomic E-state index is 10.9. The second-order valence-electron chi connectivity index (χ2n) is 2.87. The minimum atomic E-state index is -3.97. The van der Waals surface area contributed by atoms with Crippen molar-refractivity contribution in [1.29, 1.82) is 0 Å². The van der Waals surface area contributed by atoms with Gasteiger partial charge >= 0.3 is 10.4 Å². The Labute approximate surface area is 78.4 Å². The zero-order valence-electron chi connectivity index (χ0n) is 7.93. The van der Waals surface area contributed by atoms with Crippen molar-refractivity contribution in [2.24, 2.45) is 0 Å². The quantitative estimate of drug-likeness (QED) is 0.580. The highest BCUT2D eigenvalue weighted by Crippen LogP contribution is 1.97. The van der Waals surface area contributed by atoms with E-state index in [1.54, 1.807) is 14.1 Å². The number of rotatable bonds is 6. The van der Waals surface area contributed by atoms with E-state index >= 15 is 0 Å². The summed E-state index contributed by atoms with van der Waals surface area (Å²) in [5.74, 6) is 0. The Morgan fingerprint density at radius 1 is 1.38 bits per heavy atom. The van der Waals surface area contributed by atoms with Gasteiger partial charge in [-0.2, -0.15) is 8.42 Å². The second kappa shape index (κ2) is 5.51.